The van der Waals surface area contributed by atoms with Crippen LogP contribution in [0.3, 0.4) is 0 Å². The topological polar surface area (TPSA) is 43.8 Å². The van der Waals surface area contributed by atoms with E-state index in [1.165, 1.54) is 32.4 Å². The van der Waals surface area contributed by atoms with E-state index in [-0.39, 0.29) is 5.92 Å². The molecule has 17 heavy (non-hydrogen) atoms. The zero-order valence-corrected chi connectivity index (χ0v) is 10.5. The monoisotopic (exact) mass is 238 g/mol. The van der Waals surface area contributed by atoms with Gasteiger partial charge in [-0.15, -0.1) is 0 Å². The van der Waals surface area contributed by atoms with Crippen LogP contribution in [0.25, 0.3) is 0 Å². The molecule has 0 aromatic rings. The minimum atomic E-state index is -0.610. The Kier molecular flexibility index (Phi) is 2.87. The highest BCUT2D eigenvalue weighted by atomic mass is 16.4. The molecule has 0 aromatic carbocycles. The largest absolute Gasteiger partial charge is 0.481 e. The first-order valence-corrected chi connectivity index (χ1v) is 6.87. The highest BCUT2D eigenvalue weighted by molar-refractivity contribution is 5.71. The Morgan fingerprint density at radius 3 is 2.59 bits per heavy atom. The Bertz CT molecular complexity index is 321. The standard InChI is InChI=1S/C13H22N2O2/c1-9-7-15(8-10(9)13(16)17)12-4-6-14-5-2-3-11(12)14/h9-12H,2-8H2,1H3,(H,16,17)/t9-,10-,11?,12?/m1/s1. The Hall–Kier alpha value is -0.610. The van der Waals surface area contributed by atoms with E-state index in [4.69, 9.17) is 0 Å². The lowest BCUT2D eigenvalue weighted by Gasteiger charge is -2.29. The second-order valence-corrected chi connectivity index (χ2v) is 5.98. The van der Waals surface area contributed by atoms with Gasteiger partial charge in [0.25, 0.3) is 0 Å². The maximum Gasteiger partial charge on any atom is 0.308 e. The summed E-state index contributed by atoms with van der Waals surface area (Å²) in [5.41, 5.74) is 0. The Morgan fingerprint density at radius 1 is 1.12 bits per heavy atom. The molecule has 96 valence electrons. The Labute approximate surface area is 103 Å². The minimum absolute atomic E-state index is 0.148. The quantitative estimate of drug-likeness (QED) is 0.775. The number of fused-ring (bicyclic) bond motifs is 1. The average molecular weight is 238 g/mol. The summed E-state index contributed by atoms with van der Waals surface area (Å²) in [4.78, 5) is 16.2. The van der Waals surface area contributed by atoms with Gasteiger partial charge in [-0.1, -0.05) is 6.92 Å². The molecule has 0 radical (unpaired) electrons. The number of hydrogen-bond donors (Lipinski definition) is 1. The summed E-state index contributed by atoms with van der Waals surface area (Å²) in [5.74, 6) is -0.449. The molecule has 0 amide bonds. The van der Waals surface area contributed by atoms with E-state index in [1.807, 2.05) is 0 Å². The minimum Gasteiger partial charge on any atom is -0.481 e. The van der Waals surface area contributed by atoms with Crippen LogP contribution in [0.1, 0.15) is 26.2 Å². The number of hydrogen-bond acceptors (Lipinski definition) is 3. The second kappa shape index (κ2) is 4.25. The smallest absolute Gasteiger partial charge is 0.308 e. The molecule has 0 aromatic heterocycles. The molecule has 4 heteroatoms. The van der Waals surface area contributed by atoms with Crippen molar-refractivity contribution < 1.29 is 9.90 Å². The van der Waals surface area contributed by atoms with E-state index in [0.29, 0.717) is 12.0 Å². The van der Waals surface area contributed by atoms with Crippen LogP contribution < -0.4 is 0 Å². The maximum atomic E-state index is 11.2. The van der Waals surface area contributed by atoms with Gasteiger partial charge in [0.1, 0.15) is 0 Å². The molecule has 2 unspecified atom stereocenters. The molecule has 0 aliphatic carbocycles. The Morgan fingerprint density at radius 2 is 1.88 bits per heavy atom. The number of carboxylic acid groups (broad SMARTS) is 1. The summed E-state index contributed by atoms with van der Waals surface area (Å²) in [6, 6.07) is 1.35. The molecular weight excluding hydrogens is 216 g/mol. The fourth-order valence-corrected chi connectivity index (χ4v) is 4.08. The molecule has 3 rings (SSSR count). The van der Waals surface area contributed by atoms with E-state index in [9.17, 15) is 9.90 Å². The summed E-state index contributed by atoms with van der Waals surface area (Å²) in [6.45, 7) is 6.31. The molecule has 4 atom stereocenters. The van der Waals surface area contributed by atoms with Crippen LogP contribution in [0.4, 0.5) is 0 Å². The van der Waals surface area contributed by atoms with E-state index in [2.05, 4.69) is 16.7 Å². The van der Waals surface area contributed by atoms with Gasteiger partial charge in [-0.2, -0.15) is 0 Å². The first-order valence-electron chi connectivity index (χ1n) is 6.87. The summed E-state index contributed by atoms with van der Waals surface area (Å²) in [5, 5.41) is 9.19. The van der Waals surface area contributed by atoms with Gasteiger partial charge in [-0.05, 0) is 31.7 Å². The second-order valence-electron chi connectivity index (χ2n) is 5.98. The number of carboxylic acids is 1. The predicted molar refractivity (Wildman–Crippen MR) is 64.9 cm³/mol. The third-order valence-corrected chi connectivity index (χ3v) is 5.00. The van der Waals surface area contributed by atoms with Gasteiger partial charge in [0.2, 0.25) is 0 Å². The van der Waals surface area contributed by atoms with Crippen molar-refractivity contribution in [2.75, 3.05) is 26.2 Å². The van der Waals surface area contributed by atoms with E-state index < -0.39 is 5.97 Å². The molecule has 3 saturated heterocycles. The predicted octanol–water partition coefficient (Wildman–Crippen LogP) is 0.876. The van der Waals surface area contributed by atoms with Crippen molar-refractivity contribution in [3.05, 3.63) is 0 Å². The number of nitrogens with zero attached hydrogens (tertiary/aromatic N) is 2. The highest BCUT2D eigenvalue weighted by Gasteiger charge is 2.45. The van der Waals surface area contributed by atoms with E-state index >= 15 is 0 Å². The number of aliphatic carboxylic acids is 1. The zero-order valence-electron chi connectivity index (χ0n) is 10.5. The normalized spacial score (nSPS) is 43.1. The van der Waals surface area contributed by atoms with Crippen LogP contribution >= 0.6 is 0 Å². The van der Waals surface area contributed by atoms with Crippen molar-refractivity contribution in [2.45, 2.75) is 38.3 Å². The molecule has 0 bridgehead atoms. The summed E-state index contributed by atoms with van der Waals surface area (Å²) < 4.78 is 0. The van der Waals surface area contributed by atoms with Crippen molar-refractivity contribution in [2.24, 2.45) is 11.8 Å². The van der Waals surface area contributed by atoms with Gasteiger partial charge in [-0.25, -0.2) is 0 Å². The van der Waals surface area contributed by atoms with Gasteiger partial charge in [0, 0.05) is 31.7 Å². The molecule has 4 nitrogen and oxygen atoms in total. The lowest BCUT2D eigenvalue weighted by atomic mass is 9.99. The van der Waals surface area contributed by atoms with Crippen LogP contribution in [-0.4, -0.2) is 59.1 Å². The summed E-state index contributed by atoms with van der Waals surface area (Å²) >= 11 is 0. The molecular formula is C13H22N2O2. The van der Waals surface area contributed by atoms with Crippen molar-refractivity contribution in [3.8, 4) is 0 Å². The first-order chi connectivity index (χ1) is 8.16. The van der Waals surface area contributed by atoms with Crippen LogP contribution in [0.2, 0.25) is 0 Å². The van der Waals surface area contributed by atoms with Crippen LogP contribution in [0.15, 0.2) is 0 Å². The van der Waals surface area contributed by atoms with Gasteiger partial charge in [-0.3, -0.25) is 14.6 Å². The average Bonchev–Trinajstić information content (AvgIpc) is 2.89. The van der Waals surface area contributed by atoms with Crippen molar-refractivity contribution in [1.82, 2.24) is 9.80 Å². The molecule has 1 N–H and O–H groups in total. The number of likely N-dealkylation sites (tertiary alicyclic amines) is 1. The summed E-state index contributed by atoms with van der Waals surface area (Å²) in [6.07, 6.45) is 3.88. The lowest BCUT2D eigenvalue weighted by molar-refractivity contribution is -0.142. The molecule has 3 aliphatic heterocycles. The third-order valence-electron chi connectivity index (χ3n) is 5.00. The van der Waals surface area contributed by atoms with E-state index in [0.717, 1.165) is 19.1 Å². The van der Waals surface area contributed by atoms with Gasteiger partial charge >= 0.3 is 5.97 Å². The lowest BCUT2D eigenvalue weighted by Crippen LogP contribution is -2.41. The van der Waals surface area contributed by atoms with Gasteiger partial charge < -0.3 is 5.11 Å². The zero-order chi connectivity index (χ0) is 12.0. The Balaban J connectivity index is 1.68. The summed E-state index contributed by atoms with van der Waals surface area (Å²) in [7, 11) is 0. The van der Waals surface area contributed by atoms with Crippen molar-refractivity contribution in [1.29, 1.82) is 0 Å². The fourth-order valence-electron chi connectivity index (χ4n) is 4.08. The number of carbonyl (C=O) groups is 1. The number of rotatable bonds is 2. The molecule has 3 aliphatic rings. The van der Waals surface area contributed by atoms with Crippen molar-refractivity contribution in [3.63, 3.8) is 0 Å². The highest BCUT2D eigenvalue weighted by Crippen LogP contribution is 2.35. The third kappa shape index (κ3) is 1.87. The first kappa shape index (κ1) is 11.5. The van der Waals surface area contributed by atoms with Crippen LogP contribution in [-0.2, 0) is 4.79 Å². The van der Waals surface area contributed by atoms with E-state index in [1.54, 1.807) is 0 Å². The van der Waals surface area contributed by atoms with Crippen LogP contribution in [0, 0.1) is 11.8 Å². The molecule has 3 fully saturated rings. The molecule has 3 heterocycles. The fraction of sp³-hybridized carbons (Fsp3) is 0.923. The van der Waals surface area contributed by atoms with Crippen molar-refractivity contribution >= 4 is 5.97 Å². The molecule has 0 saturated carbocycles. The van der Waals surface area contributed by atoms with Crippen LogP contribution in [0.5, 0.6) is 0 Å². The van der Waals surface area contributed by atoms with Gasteiger partial charge in [0.15, 0.2) is 0 Å². The molecule has 0 spiro atoms. The van der Waals surface area contributed by atoms with Gasteiger partial charge in [0.05, 0.1) is 5.92 Å². The SMILES string of the molecule is C[C@@H]1CN(C2CCN3CCCC23)C[C@H]1C(=O)O. The maximum absolute atomic E-state index is 11.2.